The van der Waals surface area contributed by atoms with Crippen molar-refractivity contribution < 1.29 is 22.7 Å². The predicted octanol–water partition coefficient (Wildman–Crippen LogP) is 2.90. The fourth-order valence-electron chi connectivity index (χ4n) is 2.30. The van der Waals surface area contributed by atoms with Crippen molar-refractivity contribution in [2.45, 2.75) is 19.6 Å². The molecule has 2 N–H and O–H groups in total. The molecule has 7 nitrogen and oxygen atoms in total. The molecular weight excluding hydrogens is 406 g/mol. The monoisotopic (exact) mass is 428 g/mol. The van der Waals surface area contributed by atoms with Crippen LogP contribution in [-0.2, 0) is 17.8 Å². The molecule has 1 aromatic carbocycles. The van der Waals surface area contributed by atoms with Crippen LogP contribution in [0, 0.1) is 0 Å². The Morgan fingerprint density at radius 1 is 1.31 bits per heavy atom. The normalized spacial score (nSPS) is 11.4. The summed E-state index contributed by atoms with van der Waals surface area (Å²) in [5, 5.41) is 6.38. The van der Waals surface area contributed by atoms with Crippen LogP contribution in [0.5, 0.6) is 5.75 Å². The number of guanidine groups is 1. The molecule has 0 unspecified atom stereocenters. The number of hydrogen-bond acceptors (Lipinski definition) is 4. The van der Waals surface area contributed by atoms with E-state index < -0.39 is 6.61 Å². The minimum Gasteiger partial charge on any atom is -0.469 e. The Hall–Kier alpha value is -2.81. The predicted molar refractivity (Wildman–Crippen MR) is 106 cm³/mol. The van der Waals surface area contributed by atoms with Crippen LogP contribution in [0.1, 0.15) is 11.3 Å². The van der Waals surface area contributed by atoms with E-state index >= 15 is 0 Å². The highest BCUT2D eigenvalue weighted by atomic mass is 35.5. The number of carbonyl (C=O) groups is 1. The molecule has 1 amide bonds. The molecule has 0 atom stereocenters. The molecule has 0 aliphatic carbocycles. The van der Waals surface area contributed by atoms with Gasteiger partial charge in [0.25, 0.3) is 0 Å². The first-order valence-electron chi connectivity index (χ1n) is 8.83. The largest absolute Gasteiger partial charge is 0.469 e. The Morgan fingerprint density at radius 2 is 2.10 bits per heavy atom. The van der Waals surface area contributed by atoms with Crippen molar-refractivity contribution in [3.63, 3.8) is 0 Å². The SMILES string of the molecule is CN(C)C(=O)CNC(=NCc1cc(Cl)ccc1OC(F)F)NCCc1ccco1. The van der Waals surface area contributed by atoms with Crippen LogP contribution in [0.2, 0.25) is 5.02 Å². The Labute approximate surface area is 172 Å². The molecule has 0 radical (unpaired) electrons. The van der Waals surface area contributed by atoms with E-state index in [-0.39, 0.29) is 24.7 Å². The van der Waals surface area contributed by atoms with Gasteiger partial charge in [0.15, 0.2) is 5.96 Å². The first kappa shape index (κ1) is 22.5. The summed E-state index contributed by atoms with van der Waals surface area (Å²) in [6.07, 6.45) is 2.19. The maximum atomic E-state index is 12.6. The molecule has 2 aromatic rings. The van der Waals surface area contributed by atoms with E-state index in [1.807, 2.05) is 6.07 Å². The molecule has 0 saturated heterocycles. The number of furan rings is 1. The van der Waals surface area contributed by atoms with Gasteiger partial charge in [0.05, 0.1) is 19.4 Å². The zero-order valence-corrected chi connectivity index (χ0v) is 16.9. The Balaban J connectivity index is 2.08. The van der Waals surface area contributed by atoms with E-state index in [9.17, 15) is 13.6 Å². The number of aliphatic imine (C=N–C) groups is 1. The lowest BCUT2D eigenvalue weighted by Gasteiger charge is -2.15. The molecule has 0 aliphatic heterocycles. The minimum atomic E-state index is -2.96. The van der Waals surface area contributed by atoms with Crippen LogP contribution in [0.25, 0.3) is 0 Å². The third-order valence-electron chi connectivity index (χ3n) is 3.80. The topological polar surface area (TPSA) is 79.1 Å². The highest BCUT2D eigenvalue weighted by Crippen LogP contribution is 2.25. The fourth-order valence-corrected chi connectivity index (χ4v) is 2.49. The maximum absolute atomic E-state index is 12.6. The van der Waals surface area contributed by atoms with Gasteiger partial charge in [0, 0.05) is 37.6 Å². The second kappa shape index (κ2) is 11.3. The summed E-state index contributed by atoms with van der Waals surface area (Å²) in [5.74, 6) is 0.987. The van der Waals surface area contributed by atoms with Gasteiger partial charge in [0.1, 0.15) is 11.5 Å². The highest BCUT2D eigenvalue weighted by molar-refractivity contribution is 6.30. The number of alkyl halides is 2. The summed E-state index contributed by atoms with van der Waals surface area (Å²) in [6, 6.07) is 7.98. The molecule has 1 aromatic heterocycles. The van der Waals surface area contributed by atoms with Crippen LogP contribution >= 0.6 is 11.6 Å². The lowest BCUT2D eigenvalue weighted by Crippen LogP contribution is -2.43. The summed E-state index contributed by atoms with van der Waals surface area (Å²) in [4.78, 5) is 17.7. The Kier molecular flexibility index (Phi) is 8.72. The molecule has 0 spiro atoms. The number of likely N-dealkylation sites (N-methyl/N-ethyl adjacent to an activating group) is 1. The van der Waals surface area contributed by atoms with Crippen LogP contribution in [-0.4, -0.2) is 50.6 Å². The van der Waals surface area contributed by atoms with Crippen molar-refractivity contribution in [1.29, 1.82) is 0 Å². The van der Waals surface area contributed by atoms with Gasteiger partial charge in [-0.2, -0.15) is 8.78 Å². The zero-order chi connectivity index (χ0) is 21.2. The minimum absolute atomic E-state index is 0.00699. The summed E-state index contributed by atoms with van der Waals surface area (Å²) in [5.41, 5.74) is 0.392. The summed E-state index contributed by atoms with van der Waals surface area (Å²) in [6.45, 7) is -2.42. The molecule has 158 valence electrons. The van der Waals surface area contributed by atoms with Crippen LogP contribution in [0.15, 0.2) is 46.0 Å². The standard InChI is InChI=1S/C19H23ClF2N4O3/c1-26(2)17(27)12-25-19(23-8-7-15-4-3-9-28-15)24-11-13-10-14(20)5-6-16(13)29-18(21)22/h3-6,9-10,18H,7-8,11-12H2,1-2H3,(H2,23,24,25). The average molecular weight is 429 g/mol. The van der Waals surface area contributed by atoms with Gasteiger partial charge >= 0.3 is 6.61 Å². The number of nitrogens with one attached hydrogen (secondary N) is 2. The van der Waals surface area contributed by atoms with Crippen LogP contribution < -0.4 is 15.4 Å². The number of rotatable bonds is 9. The third kappa shape index (κ3) is 7.98. The molecule has 10 heteroatoms. The Morgan fingerprint density at radius 3 is 2.76 bits per heavy atom. The van der Waals surface area contributed by atoms with Crippen LogP contribution in [0.3, 0.4) is 0 Å². The van der Waals surface area contributed by atoms with Gasteiger partial charge in [-0.15, -0.1) is 0 Å². The third-order valence-corrected chi connectivity index (χ3v) is 4.03. The molecule has 1 heterocycles. The summed E-state index contributed by atoms with van der Waals surface area (Å²) in [7, 11) is 3.29. The van der Waals surface area contributed by atoms with E-state index in [4.69, 9.17) is 16.0 Å². The molecule has 29 heavy (non-hydrogen) atoms. The number of hydrogen-bond donors (Lipinski definition) is 2. The first-order chi connectivity index (χ1) is 13.8. The van der Waals surface area contributed by atoms with Crippen LogP contribution in [0.4, 0.5) is 8.78 Å². The number of carbonyl (C=O) groups excluding carboxylic acids is 1. The number of benzene rings is 1. The molecular formula is C19H23ClF2N4O3. The fraction of sp³-hybridized carbons (Fsp3) is 0.368. The van der Waals surface area contributed by atoms with Crippen molar-refractivity contribution in [2.24, 2.45) is 4.99 Å². The van der Waals surface area contributed by atoms with Crippen molar-refractivity contribution in [3.05, 3.63) is 52.9 Å². The lowest BCUT2D eigenvalue weighted by atomic mass is 10.2. The number of halogens is 3. The molecule has 2 rings (SSSR count). The van der Waals surface area contributed by atoms with Gasteiger partial charge in [0.2, 0.25) is 5.91 Å². The summed E-state index contributed by atoms with van der Waals surface area (Å²) < 4.78 is 35.0. The van der Waals surface area contributed by atoms with E-state index in [1.54, 1.807) is 26.4 Å². The van der Waals surface area contributed by atoms with Gasteiger partial charge in [-0.3, -0.25) is 4.79 Å². The molecule has 0 fully saturated rings. The van der Waals surface area contributed by atoms with Crippen molar-refractivity contribution in [3.8, 4) is 5.75 Å². The van der Waals surface area contributed by atoms with Crippen molar-refractivity contribution in [1.82, 2.24) is 15.5 Å². The van der Waals surface area contributed by atoms with Gasteiger partial charge < -0.3 is 24.7 Å². The number of nitrogens with zero attached hydrogens (tertiary/aromatic N) is 2. The second-order valence-electron chi connectivity index (χ2n) is 6.19. The molecule has 0 aliphatic rings. The lowest BCUT2D eigenvalue weighted by molar-refractivity contribution is -0.127. The average Bonchev–Trinajstić information content (AvgIpc) is 3.18. The quantitative estimate of drug-likeness (QED) is 0.474. The second-order valence-corrected chi connectivity index (χ2v) is 6.63. The van der Waals surface area contributed by atoms with Gasteiger partial charge in [-0.1, -0.05) is 11.6 Å². The van der Waals surface area contributed by atoms with Gasteiger partial charge in [-0.05, 0) is 30.3 Å². The summed E-state index contributed by atoms with van der Waals surface area (Å²) >= 11 is 5.96. The van der Waals surface area contributed by atoms with E-state index in [0.717, 1.165) is 5.76 Å². The Bertz CT molecular complexity index is 814. The number of amides is 1. The highest BCUT2D eigenvalue weighted by Gasteiger charge is 2.11. The van der Waals surface area contributed by atoms with Gasteiger partial charge in [-0.25, -0.2) is 4.99 Å². The van der Waals surface area contributed by atoms with E-state index in [2.05, 4.69) is 20.4 Å². The smallest absolute Gasteiger partial charge is 0.387 e. The first-order valence-corrected chi connectivity index (χ1v) is 9.21. The van der Waals surface area contributed by atoms with Crippen molar-refractivity contribution in [2.75, 3.05) is 27.2 Å². The zero-order valence-electron chi connectivity index (χ0n) is 16.1. The maximum Gasteiger partial charge on any atom is 0.387 e. The van der Waals surface area contributed by atoms with E-state index in [1.165, 1.54) is 23.1 Å². The molecule has 0 bridgehead atoms. The molecule has 0 saturated carbocycles. The van der Waals surface area contributed by atoms with E-state index in [0.29, 0.717) is 29.5 Å². The number of ether oxygens (including phenoxy) is 1. The van der Waals surface area contributed by atoms with Crippen molar-refractivity contribution >= 4 is 23.5 Å².